The van der Waals surface area contributed by atoms with E-state index in [0.717, 1.165) is 37.1 Å². The fourth-order valence-corrected chi connectivity index (χ4v) is 7.40. The van der Waals surface area contributed by atoms with E-state index >= 15 is 0 Å². The molecule has 4 aromatic carbocycles. The van der Waals surface area contributed by atoms with Crippen molar-refractivity contribution in [2.24, 2.45) is 10.2 Å². The van der Waals surface area contributed by atoms with Gasteiger partial charge in [0.05, 0.1) is 11.4 Å². The van der Waals surface area contributed by atoms with E-state index in [1.54, 1.807) is 0 Å². The third kappa shape index (κ3) is 4.97. The molecule has 226 valence electrons. The molecule has 0 N–H and O–H groups in total. The van der Waals surface area contributed by atoms with Gasteiger partial charge in [-0.2, -0.15) is 10.2 Å². The molecule has 0 fully saturated rings. The Morgan fingerprint density at radius 2 is 0.773 bits per heavy atom. The zero-order valence-electron chi connectivity index (χ0n) is 28.5. The van der Waals surface area contributed by atoms with Crippen molar-refractivity contribution >= 4 is 11.4 Å². The van der Waals surface area contributed by atoms with Crippen LogP contribution in [0.15, 0.2) is 70.9 Å². The molecular formula is C42H48N2. The number of hydrogen-bond donors (Lipinski definition) is 0. The quantitative estimate of drug-likeness (QED) is 0.215. The van der Waals surface area contributed by atoms with E-state index in [1.807, 2.05) is 0 Å². The Hall–Kier alpha value is -3.78. The van der Waals surface area contributed by atoms with Crippen LogP contribution in [0.3, 0.4) is 0 Å². The smallest absolute Gasteiger partial charge is 0.0706 e. The van der Waals surface area contributed by atoms with Gasteiger partial charge in [-0.05, 0) is 160 Å². The zero-order chi connectivity index (χ0) is 31.6. The van der Waals surface area contributed by atoms with Gasteiger partial charge in [0.15, 0.2) is 0 Å². The number of fused-ring (bicyclic) bond motifs is 2. The maximum Gasteiger partial charge on any atom is 0.0706 e. The summed E-state index contributed by atoms with van der Waals surface area (Å²) in [5.74, 6) is 0. The molecule has 2 aliphatic rings. The van der Waals surface area contributed by atoms with Crippen molar-refractivity contribution < 1.29 is 0 Å². The van der Waals surface area contributed by atoms with Crippen molar-refractivity contribution in [1.29, 1.82) is 0 Å². The highest BCUT2D eigenvalue weighted by molar-refractivity contribution is 6.07. The molecule has 0 radical (unpaired) electrons. The molecule has 2 heteroatoms. The van der Waals surface area contributed by atoms with Crippen LogP contribution in [0.4, 0.5) is 0 Å². The number of aryl methyl sites for hydroxylation is 8. The summed E-state index contributed by atoms with van der Waals surface area (Å²) in [5, 5.41) is 10.2. The summed E-state index contributed by atoms with van der Waals surface area (Å²) < 4.78 is 0. The summed E-state index contributed by atoms with van der Waals surface area (Å²) >= 11 is 0. The van der Waals surface area contributed by atoms with Gasteiger partial charge in [0, 0.05) is 22.0 Å². The highest BCUT2D eigenvalue weighted by Crippen LogP contribution is 2.46. The van der Waals surface area contributed by atoms with Crippen molar-refractivity contribution in [3.8, 4) is 0 Å². The molecule has 2 nitrogen and oxygen atoms in total. The summed E-state index contributed by atoms with van der Waals surface area (Å²) in [7, 11) is 0. The van der Waals surface area contributed by atoms with E-state index in [0.29, 0.717) is 0 Å². The average molecular weight is 581 g/mol. The highest BCUT2D eigenvalue weighted by atomic mass is 15.2. The molecule has 0 amide bonds. The Labute approximate surface area is 265 Å². The largest absolute Gasteiger partial charge is 0.155 e. The van der Waals surface area contributed by atoms with Crippen LogP contribution in [0.1, 0.15) is 117 Å². The van der Waals surface area contributed by atoms with Gasteiger partial charge in [0.2, 0.25) is 0 Å². The molecular weight excluding hydrogens is 532 g/mol. The van der Waals surface area contributed by atoms with Crippen LogP contribution in [-0.2, 0) is 10.8 Å². The molecule has 44 heavy (non-hydrogen) atoms. The minimum absolute atomic E-state index is 0.0571. The maximum atomic E-state index is 5.11. The van der Waals surface area contributed by atoms with E-state index in [4.69, 9.17) is 10.2 Å². The molecule has 2 aliphatic carbocycles. The van der Waals surface area contributed by atoms with Crippen molar-refractivity contribution in [3.63, 3.8) is 0 Å². The van der Waals surface area contributed by atoms with Gasteiger partial charge < -0.3 is 0 Å². The predicted octanol–water partition coefficient (Wildman–Crippen LogP) is 10.5. The first kappa shape index (κ1) is 30.3. The van der Waals surface area contributed by atoms with E-state index in [9.17, 15) is 0 Å². The first-order valence-corrected chi connectivity index (χ1v) is 16.3. The van der Waals surface area contributed by atoms with E-state index < -0.39 is 0 Å². The van der Waals surface area contributed by atoms with Gasteiger partial charge in [-0.3, -0.25) is 0 Å². The van der Waals surface area contributed by atoms with Gasteiger partial charge in [-0.15, -0.1) is 0 Å². The second-order valence-electron chi connectivity index (χ2n) is 14.3. The van der Waals surface area contributed by atoms with Gasteiger partial charge in [-0.1, -0.05) is 62.4 Å². The Morgan fingerprint density at radius 3 is 1.14 bits per heavy atom. The monoisotopic (exact) mass is 580 g/mol. The van der Waals surface area contributed by atoms with Crippen molar-refractivity contribution in [2.75, 3.05) is 0 Å². The number of nitrogens with zero attached hydrogens (tertiary/aromatic N) is 2. The number of hydrogen-bond acceptors (Lipinski definition) is 2. The minimum atomic E-state index is -0.0571. The van der Waals surface area contributed by atoms with Crippen LogP contribution in [0.2, 0.25) is 0 Å². The summed E-state index contributed by atoms with van der Waals surface area (Å²) in [5.41, 5.74) is 20.9. The van der Waals surface area contributed by atoms with E-state index in [1.165, 1.54) is 77.9 Å². The molecule has 0 aromatic heterocycles. The maximum absolute atomic E-state index is 5.11. The lowest BCUT2D eigenvalue weighted by Crippen LogP contribution is -2.33. The van der Waals surface area contributed by atoms with Gasteiger partial charge >= 0.3 is 0 Å². The molecule has 4 aromatic rings. The molecule has 0 unspecified atom stereocenters. The zero-order valence-corrected chi connectivity index (χ0v) is 28.5. The molecule has 6 rings (SSSR count). The van der Waals surface area contributed by atoms with E-state index in [2.05, 4.69) is 130 Å². The lowest BCUT2D eigenvalue weighted by atomic mass is 9.65. The third-order valence-electron chi connectivity index (χ3n) is 11.4. The SMILES string of the molecule is Cc1ccc([C@@]2(C)CCC(=NN=C3CC[C@](C)(c4ccc(C)c(C)c4)c4cc(C)c(C)cc43)c3cc(C)c(C)cc32)cc1C. The fraction of sp³-hybridized carbons (Fsp3) is 0.381. The molecule has 0 saturated carbocycles. The second kappa shape index (κ2) is 11.0. The lowest BCUT2D eigenvalue weighted by Gasteiger charge is -2.38. The van der Waals surface area contributed by atoms with Gasteiger partial charge in [0.25, 0.3) is 0 Å². The molecule has 0 aliphatic heterocycles. The van der Waals surface area contributed by atoms with Crippen LogP contribution in [0.5, 0.6) is 0 Å². The van der Waals surface area contributed by atoms with E-state index in [-0.39, 0.29) is 10.8 Å². The topological polar surface area (TPSA) is 24.7 Å². The second-order valence-corrected chi connectivity index (χ2v) is 14.3. The van der Waals surface area contributed by atoms with Crippen LogP contribution in [0.25, 0.3) is 0 Å². The Kier molecular flexibility index (Phi) is 7.55. The van der Waals surface area contributed by atoms with Crippen molar-refractivity contribution in [3.05, 3.63) is 139 Å². The number of rotatable bonds is 3. The van der Waals surface area contributed by atoms with Crippen LogP contribution in [0, 0.1) is 55.4 Å². The van der Waals surface area contributed by atoms with Gasteiger partial charge in [-0.25, -0.2) is 0 Å². The first-order valence-electron chi connectivity index (χ1n) is 16.3. The predicted molar refractivity (Wildman–Crippen MR) is 188 cm³/mol. The van der Waals surface area contributed by atoms with Crippen molar-refractivity contribution in [2.45, 2.75) is 106 Å². The normalized spacial score (nSPS) is 23.1. The summed E-state index contributed by atoms with van der Waals surface area (Å²) in [6.45, 7) is 22.6. The summed E-state index contributed by atoms with van der Waals surface area (Å²) in [6.07, 6.45) is 3.87. The fourth-order valence-electron chi connectivity index (χ4n) is 7.40. The van der Waals surface area contributed by atoms with Crippen LogP contribution >= 0.6 is 0 Å². The average Bonchev–Trinajstić information content (AvgIpc) is 2.98. The molecule has 0 bridgehead atoms. The molecule has 2 atom stereocenters. The van der Waals surface area contributed by atoms with Gasteiger partial charge in [0.1, 0.15) is 0 Å². The highest BCUT2D eigenvalue weighted by Gasteiger charge is 2.38. The Morgan fingerprint density at radius 1 is 0.432 bits per heavy atom. The Bertz CT molecular complexity index is 1730. The lowest BCUT2D eigenvalue weighted by molar-refractivity contribution is 0.517. The van der Waals surface area contributed by atoms with Crippen LogP contribution in [-0.4, -0.2) is 11.4 Å². The summed E-state index contributed by atoms with van der Waals surface area (Å²) in [6, 6.07) is 23.6. The number of benzene rings is 4. The molecule has 0 spiro atoms. The molecule has 0 heterocycles. The Balaban J connectivity index is 1.46. The summed E-state index contributed by atoms with van der Waals surface area (Å²) in [4.78, 5) is 0. The minimum Gasteiger partial charge on any atom is -0.155 e. The molecule has 0 saturated heterocycles. The first-order chi connectivity index (χ1) is 20.8. The van der Waals surface area contributed by atoms with Crippen molar-refractivity contribution in [1.82, 2.24) is 0 Å². The van der Waals surface area contributed by atoms with Crippen LogP contribution < -0.4 is 0 Å². The third-order valence-corrected chi connectivity index (χ3v) is 11.4. The standard InChI is InChI=1S/C42H48N2/c1-25-11-13-33(19-27(25)3)41(9)17-15-39(35-21-29(5)31(7)23-37(35)41)43-44-40-16-18-42(10,34-14-12-26(2)28(4)20-34)38-24-32(8)30(6)22-36(38)40/h11-14,19-24H,15-18H2,1-10H3/t41-,42-/m1/s1.